The number of methoxy groups -OCH3 is 1. The molecule has 1 unspecified atom stereocenters. The number of carbonyl (C=O) groups is 2. The topological polar surface area (TPSA) is 86.8 Å². The number of Topliss-reactive ketones (excluding diaryl/α,β-unsaturated/α-hetero) is 1. The zero-order valence-electron chi connectivity index (χ0n) is 23.2. The van der Waals surface area contributed by atoms with Crippen LogP contribution in [0.2, 0.25) is 0 Å². The van der Waals surface area contributed by atoms with Crippen molar-refractivity contribution in [2.24, 2.45) is 13.0 Å². The summed E-state index contributed by atoms with van der Waals surface area (Å²) in [7, 11) is 3.26. The first-order valence-corrected chi connectivity index (χ1v) is 14.1. The van der Waals surface area contributed by atoms with Crippen LogP contribution in [0.3, 0.4) is 0 Å². The van der Waals surface area contributed by atoms with Crippen molar-refractivity contribution in [2.75, 3.05) is 20.2 Å². The number of hydrogen-bond acceptors (Lipinski definition) is 7. The molecule has 216 valence electrons. The highest BCUT2D eigenvalue weighted by Gasteiger charge is 2.49. The zero-order valence-corrected chi connectivity index (χ0v) is 23.2. The number of aromatic nitrogens is 2. The summed E-state index contributed by atoms with van der Waals surface area (Å²) < 4.78 is 50.9. The Hall–Kier alpha value is -3.63. The molecule has 1 aliphatic carbocycles. The van der Waals surface area contributed by atoms with Gasteiger partial charge in [-0.3, -0.25) is 9.59 Å². The van der Waals surface area contributed by atoms with E-state index >= 15 is 8.78 Å². The molecule has 0 amide bonds. The van der Waals surface area contributed by atoms with E-state index in [0.29, 0.717) is 44.3 Å². The lowest BCUT2D eigenvalue weighted by atomic mass is 9.87. The third kappa shape index (κ3) is 5.04. The van der Waals surface area contributed by atoms with E-state index in [1.807, 2.05) is 42.1 Å². The molecule has 2 fully saturated rings. The van der Waals surface area contributed by atoms with Crippen LogP contribution in [-0.4, -0.2) is 58.5 Å². The molecule has 0 spiro atoms. The molecule has 1 atom stereocenters. The number of carbonyl (C=O) groups excluding carboxylic acids is 2. The maximum Gasteiger partial charge on any atom is 0.330 e. The van der Waals surface area contributed by atoms with Crippen LogP contribution >= 0.6 is 0 Å². The number of oxazole rings is 1. The Kier molecular flexibility index (Phi) is 7.37. The number of benzene rings is 2. The quantitative estimate of drug-likeness (QED) is 0.200. The molecule has 0 radical (unpaired) electrons. The summed E-state index contributed by atoms with van der Waals surface area (Å²) in [5.74, 6) is -4.55. The van der Waals surface area contributed by atoms with Crippen molar-refractivity contribution in [1.82, 2.24) is 14.5 Å². The van der Waals surface area contributed by atoms with E-state index in [0.717, 1.165) is 29.3 Å². The molecule has 1 saturated carbocycles. The number of para-hydroxylation sites is 1. The Morgan fingerprint density at radius 1 is 1.10 bits per heavy atom. The molecular weight excluding hydrogens is 532 g/mol. The van der Waals surface area contributed by atoms with Crippen molar-refractivity contribution >= 4 is 33.8 Å². The molecule has 1 saturated heterocycles. The first-order chi connectivity index (χ1) is 19.8. The molecule has 41 heavy (non-hydrogen) atoms. The lowest BCUT2D eigenvalue weighted by molar-refractivity contribution is -0.252. The number of halogens is 2. The average molecular weight is 566 g/mol. The van der Waals surface area contributed by atoms with Crippen molar-refractivity contribution in [1.29, 1.82) is 0 Å². The minimum absolute atomic E-state index is 0.0161. The second-order valence-corrected chi connectivity index (χ2v) is 11.0. The largest absolute Gasteiger partial charge is 0.469 e. The van der Waals surface area contributed by atoms with Crippen molar-refractivity contribution in [3.8, 4) is 11.5 Å². The minimum atomic E-state index is -2.68. The van der Waals surface area contributed by atoms with Crippen molar-refractivity contribution in [2.45, 2.75) is 57.0 Å². The van der Waals surface area contributed by atoms with Gasteiger partial charge < -0.3 is 18.5 Å². The molecule has 0 bridgehead atoms. The van der Waals surface area contributed by atoms with E-state index in [1.165, 1.54) is 18.1 Å². The van der Waals surface area contributed by atoms with Gasteiger partial charge in [-0.05, 0) is 56.2 Å². The maximum absolute atomic E-state index is 16.6. The monoisotopic (exact) mass is 565 g/mol. The van der Waals surface area contributed by atoms with E-state index in [-0.39, 0.29) is 28.9 Å². The second-order valence-electron chi connectivity index (χ2n) is 11.0. The van der Waals surface area contributed by atoms with Crippen LogP contribution in [0.25, 0.3) is 33.5 Å². The first kappa shape index (κ1) is 27.5. The molecule has 1 aliphatic heterocycles. The lowest BCUT2D eigenvalue weighted by Crippen LogP contribution is -2.54. The van der Waals surface area contributed by atoms with Crippen molar-refractivity contribution in [3.05, 3.63) is 54.0 Å². The highest BCUT2D eigenvalue weighted by molar-refractivity contribution is 5.95. The minimum Gasteiger partial charge on any atom is -0.469 e. The van der Waals surface area contributed by atoms with Gasteiger partial charge in [-0.2, -0.15) is 4.39 Å². The number of nitrogens with zero attached hydrogens (tertiary/aromatic N) is 3. The summed E-state index contributed by atoms with van der Waals surface area (Å²) in [6, 6.07) is 10.8. The normalized spacial score (nSPS) is 21.4. The van der Waals surface area contributed by atoms with Crippen molar-refractivity contribution < 1.29 is 32.3 Å². The van der Waals surface area contributed by atoms with Gasteiger partial charge in [-0.15, -0.1) is 0 Å². The predicted molar refractivity (Wildman–Crippen MR) is 148 cm³/mol. The molecule has 2 aliphatic rings. The van der Waals surface area contributed by atoms with Crippen LogP contribution in [0, 0.1) is 11.7 Å². The fourth-order valence-electron chi connectivity index (χ4n) is 6.17. The van der Waals surface area contributed by atoms with Gasteiger partial charge >= 0.3 is 11.9 Å². The predicted octanol–water partition coefficient (Wildman–Crippen LogP) is 5.70. The zero-order chi connectivity index (χ0) is 28.7. The number of alkyl halides is 1. The summed E-state index contributed by atoms with van der Waals surface area (Å²) in [5.41, 5.74) is 1.96. The summed E-state index contributed by atoms with van der Waals surface area (Å²) in [5, 5.41) is 0.919. The SMILES string of the molecule is COC(=O)C1CCC(OC(F)(C(=O)Cc2ccc3nc(-c4cn(C)c5ccccc45)oc3c2F)N2CCCC2)CC1. The fourth-order valence-corrected chi connectivity index (χ4v) is 6.17. The Balaban J connectivity index is 1.25. The summed E-state index contributed by atoms with van der Waals surface area (Å²) >= 11 is 0. The van der Waals surface area contributed by atoms with Crippen molar-refractivity contribution in [3.63, 3.8) is 0 Å². The second kappa shape index (κ2) is 11.0. The highest BCUT2D eigenvalue weighted by atomic mass is 19.2. The molecule has 2 aromatic heterocycles. The molecule has 2 aromatic carbocycles. The van der Waals surface area contributed by atoms with Gasteiger partial charge in [0.05, 0.1) is 24.7 Å². The van der Waals surface area contributed by atoms with E-state index < -0.39 is 30.1 Å². The van der Waals surface area contributed by atoms with E-state index in [9.17, 15) is 9.59 Å². The van der Waals surface area contributed by atoms with Gasteiger partial charge in [-0.25, -0.2) is 14.3 Å². The number of hydrogen-bond donors (Lipinski definition) is 0. The maximum atomic E-state index is 16.6. The van der Waals surface area contributed by atoms with Gasteiger partial charge in [0.2, 0.25) is 11.7 Å². The first-order valence-electron chi connectivity index (χ1n) is 14.1. The molecular formula is C31H33F2N3O5. The number of likely N-dealkylation sites (tertiary alicyclic amines) is 1. The number of rotatable bonds is 8. The van der Waals surface area contributed by atoms with E-state index in [2.05, 4.69) is 4.98 Å². The smallest absolute Gasteiger partial charge is 0.330 e. The third-order valence-electron chi connectivity index (χ3n) is 8.44. The van der Waals surface area contributed by atoms with E-state index in [1.54, 1.807) is 6.07 Å². The average Bonchev–Trinajstić information content (AvgIpc) is 3.74. The standard InChI is InChI=1S/C31H33F2N3O5/c1-35-18-23(22-7-3-4-8-25(22)35)29-34-24-14-11-20(27(32)28(24)40-29)17-26(37)31(33,36-15-5-6-16-36)41-21-12-9-19(10-13-21)30(38)39-2/h3-4,7-8,11,14,18-19,21H,5-6,9-10,12-13,15-17H2,1-2H3. The van der Waals surface area contributed by atoms with Crippen LogP contribution in [0.5, 0.6) is 0 Å². The molecule has 10 heteroatoms. The van der Waals surface area contributed by atoms with Crippen LogP contribution in [0.15, 0.2) is 47.0 Å². The molecule has 0 N–H and O–H groups in total. The van der Waals surface area contributed by atoms with E-state index in [4.69, 9.17) is 13.9 Å². The van der Waals surface area contributed by atoms with Crippen LogP contribution in [-0.2, 0) is 32.5 Å². The number of ether oxygens (including phenoxy) is 2. The number of ketones is 1. The summed E-state index contributed by atoms with van der Waals surface area (Å²) in [6.45, 7) is 0.746. The molecule has 4 aromatic rings. The number of fused-ring (bicyclic) bond motifs is 2. The Morgan fingerprint density at radius 2 is 1.83 bits per heavy atom. The van der Waals surface area contributed by atoms with Gasteiger partial charge in [0.15, 0.2) is 11.4 Å². The van der Waals surface area contributed by atoms with Gasteiger partial charge in [-0.1, -0.05) is 24.3 Å². The van der Waals surface area contributed by atoms with Crippen LogP contribution in [0.4, 0.5) is 8.78 Å². The van der Waals surface area contributed by atoms with Gasteiger partial charge in [0, 0.05) is 43.7 Å². The summed E-state index contributed by atoms with van der Waals surface area (Å²) in [4.78, 5) is 31.3. The molecule has 8 nitrogen and oxygen atoms in total. The van der Waals surface area contributed by atoms with Gasteiger partial charge in [0.1, 0.15) is 5.52 Å². The highest BCUT2D eigenvalue weighted by Crippen LogP contribution is 2.36. The molecule has 6 rings (SSSR count). The summed E-state index contributed by atoms with van der Waals surface area (Å²) in [6.07, 6.45) is 4.19. The number of esters is 1. The number of aryl methyl sites for hydroxylation is 1. The van der Waals surface area contributed by atoms with Crippen LogP contribution < -0.4 is 0 Å². The fraction of sp³-hybridized carbons (Fsp3) is 0.452. The Bertz CT molecular complexity index is 1600. The third-order valence-corrected chi connectivity index (χ3v) is 8.44. The Morgan fingerprint density at radius 3 is 2.56 bits per heavy atom. The van der Waals surface area contributed by atoms with Crippen LogP contribution in [0.1, 0.15) is 44.1 Å². The van der Waals surface area contributed by atoms with Gasteiger partial charge in [0.25, 0.3) is 0 Å². The lowest BCUT2D eigenvalue weighted by Gasteiger charge is -2.37. The Labute approximate surface area is 236 Å². The molecule has 3 heterocycles.